The first-order valence-electron chi connectivity index (χ1n) is 16.5. The van der Waals surface area contributed by atoms with Gasteiger partial charge in [0, 0.05) is 42.1 Å². The number of pyridine rings is 1. The maximum atomic E-state index is 17.3. The van der Waals surface area contributed by atoms with Crippen LogP contribution in [0, 0.1) is 23.0 Å². The maximum Gasteiger partial charge on any atom is 0.319 e. The van der Waals surface area contributed by atoms with Crippen molar-refractivity contribution in [2.45, 2.75) is 49.9 Å². The van der Waals surface area contributed by atoms with E-state index in [4.69, 9.17) is 32.5 Å². The van der Waals surface area contributed by atoms with Crippen LogP contribution >= 0.6 is 22.9 Å². The molecule has 3 aliphatic heterocycles. The zero-order valence-corrected chi connectivity index (χ0v) is 28.9. The van der Waals surface area contributed by atoms with Gasteiger partial charge < -0.3 is 25.8 Å². The number of aromatic nitrogens is 3. The third kappa shape index (κ3) is 5.48. The van der Waals surface area contributed by atoms with E-state index in [2.05, 4.69) is 15.0 Å². The van der Waals surface area contributed by atoms with Crippen LogP contribution in [-0.2, 0) is 0 Å². The molecule has 8 rings (SSSR count). The molecule has 52 heavy (non-hydrogen) atoms. The van der Waals surface area contributed by atoms with E-state index in [0.717, 1.165) is 23.8 Å². The van der Waals surface area contributed by atoms with Gasteiger partial charge in [-0.2, -0.15) is 15.2 Å². The number of anilines is 3. The number of rotatable bonds is 8. The second-order valence-corrected chi connectivity index (χ2v) is 14.6. The van der Waals surface area contributed by atoms with Gasteiger partial charge in [-0.1, -0.05) is 23.7 Å². The topological polar surface area (TPSA) is 139 Å². The van der Waals surface area contributed by atoms with Crippen molar-refractivity contribution in [3.63, 3.8) is 0 Å². The molecule has 0 bridgehead atoms. The molecule has 2 aromatic carbocycles. The predicted molar refractivity (Wildman–Crippen MR) is 188 cm³/mol. The van der Waals surface area contributed by atoms with Crippen molar-refractivity contribution in [1.29, 1.82) is 5.26 Å². The zero-order chi connectivity index (χ0) is 36.5. The first-order chi connectivity index (χ1) is 25.0. The lowest BCUT2D eigenvalue weighted by Gasteiger charge is -2.33. The first kappa shape index (κ1) is 34.4. The van der Waals surface area contributed by atoms with Gasteiger partial charge in [0.25, 0.3) is 0 Å². The number of nitrogens with two attached hydrogens (primary N) is 2. The van der Waals surface area contributed by atoms with Crippen molar-refractivity contribution in [3.05, 3.63) is 58.2 Å². The number of ether oxygens (including phenoxy) is 2. The fourth-order valence-corrected chi connectivity index (χ4v) is 9.28. The average Bonchev–Trinajstić information content (AvgIpc) is 3.71. The molecule has 10 nitrogen and oxygen atoms in total. The molecule has 3 aromatic heterocycles. The predicted octanol–water partition coefficient (Wildman–Crippen LogP) is 7.42. The van der Waals surface area contributed by atoms with Gasteiger partial charge in [0.2, 0.25) is 6.43 Å². The number of fused-ring (bicyclic) bond motifs is 2. The number of hydrogen-bond acceptors (Lipinski definition) is 11. The summed E-state index contributed by atoms with van der Waals surface area (Å²) in [5.41, 5.74) is 11.4. The molecule has 17 heteroatoms. The largest absolute Gasteiger partial charge is 0.489 e. The summed E-state index contributed by atoms with van der Waals surface area (Å²) in [6.45, 7) is 0.823. The molecule has 1 unspecified atom stereocenters. The fraction of sp³-hybridized carbons (Fsp3) is 0.371. The van der Waals surface area contributed by atoms with Crippen LogP contribution in [-0.4, -0.2) is 70.8 Å². The number of hydrogen-bond donors (Lipinski definition) is 2. The van der Waals surface area contributed by atoms with E-state index in [1.54, 1.807) is 12.1 Å². The van der Waals surface area contributed by atoms with Gasteiger partial charge in [0.05, 0.1) is 38.8 Å². The summed E-state index contributed by atoms with van der Waals surface area (Å²) in [5.74, 6) is -1.69. The number of nitrogen functional groups attached to an aromatic ring is 2. The standard InChI is InChI=1S/C35H30ClF5N8O2S/c36-26-24(18-4-5-20(38)30-23(18)19(13-42)32(44)52-30)27(41)28-25-29(26)50-10-9-49(21(11-22(39)40)17-3-1-7-45-31(17)43)33(25)47-34(46-28)51-15-35-6-2-8-48(35)14-16(37)12-35/h1,3-5,7,16,21-22H,2,6,8-12,14-15,44H2,(H2,43,45)/t16-,21?,35+/m1/s1. The quantitative estimate of drug-likeness (QED) is 0.154. The molecule has 3 aliphatic rings. The number of thiophene rings is 1. The highest BCUT2D eigenvalue weighted by molar-refractivity contribution is 7.23. The van der Waals surface area contributed by atoms with Crippen molar-refractivity contribution in [1.82, 2.24) is 19.9 Å². The summed E-state index contributed by atoms with van der Waals surface area (Å²) in [5, 5.41) is 9.79. The van der Waals surface area contributed by atoms with Gasteiger partial charge in [0.1, 0.15) is 53.4 Å². The molecule has 0 spiro atoms. The SMILES string of the molecule is N#Cc1c(N)sc2c(F)ccc(-c3c(Cl)c4c5c(nc(OC[C@@]67CCCN6C[C@H](F)C7)nc5c3F)N(C(CC(F)F)c3cccnc3N)CCO4)c12. The summed E-state index contributed by atoms with van der Waals surface area (Å²) in [4.78, 5) is 16.9. The Morgan fingerprint density at radius 1 is 1.17 bits per heavy atom. The lowest BCUT2D eigenvalue weighted by molar-refractivity contribution is 0.107. The van der Waals surface area contributed by atoms with E-state index in [9.17, 15) is 18.4 Å². The Morgan fingerprint density at radius 2 is 2.00 bits per heavy atom. The lowest BCUT2D eigenvalue weighted by Crippen LogP contribution is -2.43. The van der Waals surface area contributed by atoms with Gasteiger partial charge in [-0.3, -0.25) is 4.90 Å². The highest BCUT2D eigenvalue weighted by atomic mass is 35.5. The van der Waals surface area contributed by atoms with E-state index in [1.165, 1.54) is 17.2 Å². The smallest absolute Gasteiger partial charge is 0.319 e. The average molecular weight is 757 g/mol. The molecule has 6 heterocycles. The van der Waals surface area contributed by atoms with Crippen LogP contribution in [0.4, 0.5) is 38.6 Å². The van der Waals surface area contributed by atoms with Crippen molar-refractivity contribution < 1.29 is 31.4 Å². The summed E-state index contributed by atoms with van der Waals surface area (Å²) in [6.07, 6.45) is -1.33. The van der Waals surface area contributed by atoms with Gasteiger partial charge >= 0.3 is 6.01 Å². The van der Waals surface area contributed by atoms with E-state index in [1.807, 2.05) is 11.0 Å². The van der Waals surface area contributed by atoms with E-state index < -0.39 is 42.2 Å². The minimum absolute atomic E-state index is 0.00188. The molecule has 2 fully saturated rings. The molecule has 270 valence electrons. The minimum Gasteiger partial charge on any atom is -0.489 e. The van der Waals surface area contributed by atoms with E-state index >= 15 is 8.78 Å². The molecule has 0 aliphatic carbocycles. The number of benzene rings is 2. The van der Waals surface area contributed by atoms with E-state index in [0.29, 0.717) is 13.0 Å². The normalized spacial score (nSPS) is 20.7. The highest BCUT2D eigenvalue weighted by Gasteiger charge is 2.49. The second kappa shape index (κ2) is 13.0. The van der Waals surface area contributed by atoms with Gasteiger partial charge in [-0.05, 0) is 37.1 Å². The first-order valence-corrected chi connectivity index (χ1v) is 17.7. The molecule has 0 radical (unpaired) electrons. The Kier molecular flexibility index (Phi) is 8.62. The van der Waals surface area contributed by atoms with Crippen LogP contribution in [0.3, 0.4) is 0 Å². The monoisotopic (exact) mass is 756 g/mol. The van der Waals surface area contributed by atoms with Crippen molar-refractivity contribution in [3.8, 4) is 29.0 Å². The third-order valence-corrected chi connectivity index (χ3v) is 11.6. The van der Waals surface area contributed by atoms with Crippen LogP contribution in [0.25, 0.3) is 32.1 Å². The summed E-state index contributed by atoms with van der Waals surface area (Å²) in [7, 11) is 0. The Hall–Kier alpha value is -4.72. The van der Waals surface area contributed by atoms with Gasteiger partial charge in [-0.25, -0.2) is 26.9 Å². The van der Waals surface area contributed by atoms with E-state index in [-0.39, 0.29) is 109 Å². The van der Waals surface area contributed by atoms with Crippen molar-refractivity contribution in [2.75, 3.05) is 49.2 Å². The Bertz CT molecular complexity index is 2290. The Balaban J connectivity index is 1.37. The molecule has 0 amide bonds. The summed E-state index contributed by atoms with van der Waals surface area (Å²) < 4.78 is 88.0. The molecule has 3 atom stereocenters. The maximum absolute atomic E-state index is 17.3. The molecular weight excluding hydrogens is 727 g/mol. The number of nitriles is 1. The van der Waals surface area contributed by atoms with Gasteiger partial charge in [0.15, 0.2) is 11.6 Å². The van der Waals surface area contributed by atoms with Gasteiger partial charge in [-0.15, -0.1) is 11.3 Å². The lowest BCUT2D eigenvalue weighted by atomic mass is 9.95. The third-order valence-electron chi connectivity index (χ3n) is 10.2. The van der Waals surface area contributed by atoms with Crippen LogP contribution in [0.15, 0.2) is 30.5 Å². The number of alkyl halides is 3. The van der Waals surface area contributed by atoms with Crippen LogP contribution in [0.2, 0.25) is 5.02 Å². The zero-order valence-electron chi connectivity index (χ0n) is 27.3. The second-order valence-electron chi connectivity index (χ2n) is 13.2. The summed E-state index contributed by atoms with van der Waals surface area (Å²) in [6, 6.07) is 6.15. The molecular formula is C35H30ClF5N8O2S. The van der Waals surface area contributed by atoms with Crippen molar-refractivity contribution >= 4 is 60.6 Å². The fourth-order valence-electron chi connectivity index (χ4n) is 7.99. The van der Waals surface area contributed by atoms with Crippen LogP contribution in [0.5, 0.6) is 11.8 Å². The Labute approximate surface area is 302 Å². The highest BCUT2D eigenvalue weighted by Crippen LogP contribution is 2.52. The summed E-state index contributed by atoms with van der Waals surface area (Å²) >= 11 is 7.84. The number of halogens is 6. The molecule has 2 saturated heterocycles. The minimum atomic E-state index is -2.79. The number of nitrogens with zero attached hydrogens (tertiary/aromatic N) is 6. The molecule has 0 saturated carbocycles. The molecule has 4 N–H and O–H groups in total. The van der Waals surface area contributed by atoms with Crippen LogP contribution in [0.1, 0.15) is 42.9 Å². The molecule has 5 aromatic rings. The van der Waals surface area contributed by atoms with Crippen LogP contribution < -0.4 is 25.8 Å². The van der Waals surface area contributed by atoms with Crippen molar-refractivity contribution in [2.24, 2.45) is 0 Å². The Morgan fingerprint density at radius 3 is 2.77 bits per heavy atom.